The molecule has 9 heteroatoms. The van der Waals surface area contributed by atoms with E-state index in [1.54, 1.807) is 42.6 Å². The molecule has 0 aliphatic rings. The molecule has 5 aromatic rings. The van der Waals surface area contributed by atoms with Gasteiger partial charge in [-0.1, -0.05) is 47.5 Å². The summed E-state index contributed by atoms with van der Waals surface area (Å²) < 4.78 is 1.20. The highest BCUT2D eigenvalue weighted by Gasteiger charge is 2.19. The quantitative estimate of drug-likeness (QED) is 0.365. The van der Waals surface area contributed by atoms with E-state index in [4.69, 9.17) is 28.5 Å². The van der Waals surface area contributed by atoms with E-state index in [9.17, 15) is 4.79 Å². The van der Waals surface area contributed by atoms with Crippen LogP contribution in [0, 0.1) is 11.3 Å². The van der Waals surface area contributed by atoms with E-state index in [1.165, 1.54) is 10.7 Å². The fourth-order valence-electron chi connectivity index (χ4n) is 3.45. The lowest BCUT2D eigenvalue weighted by atomic mass is 9.97. The second-order valence-electron chi connectivity index (χ2n) is 7.08. The van der Waals surface area contributed by atoms with Gasteiger partial charge >= 0.3 is 5.56 Å². The van der Waals surface area contributed by atoms with Gasteiger partial charge in [0.1, 0.15) is 6.07 Å². The van der Waals surface area contributed by atoms with Crippen LogP contribution in [0.25, 0.3) is 39.3 Å². The minimum Gasteiger partial charge on any atom is -0.265 e. The molecule has 0 saturated heterocycles. The first-order valence-electron chi connectivity index (χ1n) is 9.72. The summed E-state index contributed by atoms with van der Waals surface area (Å²) in [5.41, 5.74) is 3.60. The van der Waals surface area contributed by atoms with Crippen LogP contribution in [0.3, 0.4) is 0 Å². The number of nitriles is 1. The monoisotopic (exact) mass is 470 g/mol. The molecule has 0 saturated carbocycles. The zero-order valence-electron chi connectivity index (χ0n) is 16.8. The van der Waals surface area contributed by atoms with Crippen molar-refractivity contribution >= 4 is 28.8 Å². The Hall–Kier alpha value is -4.12. The Bertz CT molecular complexity index is 1590. The van der Waals surface area contributed by atoms with E-state index in [2.05, 4.69) is 20.3 Å². The van der Waals surface area contributed by atoms with Crippen LogP contribution in [-0.4, -0.2) is 24.8 Å². The number of benzene rings is 2. The lowest BCUT2D eigenvalue weighted by Crippen LogP contribution is -2.22. The van der Waals surface area contributed by atoms with Crippen LogP contribution in [-0.2, 0) is 0 Å². The molecule has 0 unspecified atom stereocenters. The smallest absolute Gasteiger partial charge is 0.265 e. The molecule has 3 heterocycles. The van der Waals surface area contributed by atoms with Gasteiger partial charge < -0.3 is 0 Å². The second-order valence-corrected chi connectivity index (χ2v) is 7.95. The molecule has 158 valence electrons. The van der Waals surface area contributed by atoms with Gasteiger partial charge in [-0.05, 0) is 47.5 Å². The minimum absolute atomic E-state index is 0.0331. The maximum Gasteiger partial charge on any atom is 0.302 e. The van der Waals surface area contributed by atoms with E-state index in [0.29, 0.717) is 26.9 Å². The molecule has 0 spiro atoms. The van der Waals surface area contributed by atoms with Crippen molar-refractivity contribution in [1.29, 1.82) is 5.26 Å². The van der Waals surface area contributed by atoms with Crippen molar-refractivity contribution in [1.82, 2.24) is 24.8 Å². The molecule has 0 atom stereocenters. The van der Waals surface area contributed by atoms with Crippen LogP contribution >= 0.6 is 23.2 Å². The van der Waals surface area contributed by atoms with Crippen molar-refractivity contribution in [3.05, 3.63) is 99.0 Å². The largest absolute Gasteiger partial charge is 0.302 e. The Labute approximate surface area is 197 Å². The number of nitrogens with zero attached hydrogens (tertiary/aromatic N) is 6. The maximum absolute atomic E-state index is 13.3. The normalized spacial score (nSPS) is 10.8. The molecule has 3 aromatic heterocycles. The number of pyridine rings is 1. The van der Waals surface area contributed by atoms with Crippen LogP contribution in [0.4, 0.5) is 0 Å². The summed E-state index contributed by atoms with van der Waals surface area (Å²) in [6, 6.07) is 19.6. The van der Waals surface area contributed by atoms with Gasteiger partial charge in [0.05, 0.1) is 17.5 Å². The highest BCUT2D eigenvalue weighted by Crippen LogP contribution is 2.34. The summed E-state index contributed by atoms with van der Waals surface area (Å²) in [6.45, 7) is 0. The van der Waals surface area contributed by atoms with E-state index in [-0.39, 0.29) is 11.3 Å². The van der Waals surface area contributed by atoms with Crippen molar-refractivity contribution in [2.45, 2.75) is 0 Å². The Kier molecular flexibility index (Phi) is 5.31. The van der Waals surface area contributed by atoms with Gasteiger partial charge in [-0.15, -0.1) is 10.2 Å². The van der Waals surface area contributed by atoms with Gasteiger partial charge in [-0.3, -0.25) is 9.78 Å². The summed E-state index contributed by atoms with van der Waals surface area (Å²) >= 11 is 12.2. The Balaban J connectivity index is 1.78. The maximum atomic E-state index is 13.3. The highest BCUT2D eigenvalue weighted by molar-refractivity contribution is 6.31. The van der Waals surface area contributed by atoms with Crippen molar-refractivity contribution in [2.75, 3.05) is 0 Å². The predicted octanol–water partition coefficient (Wildman–Crippen LogP) is 5.06. The Morgan fingerprint density at radius 1 is 0.818 bits per heavy atom. The van der Waals surface area contributed by atoms with E-state index in [1.807, 2.05) is 30.3 Å². The average Bonchev–Trinajstić information content (AvgIpc) is 2.85. The third kappa shape index (κ3) is 3.82. The lowest BCUT2D eigenvalue weighted by molar-refractivity contribution is 0.830. The van der Waals surface area contributed by atoms with E-state index in [0.717, 1.165) is 16.7 Å². The van der Waals surface area contributed by atoms with Gasteiger partial charge in [-0.25, -0.2) is 0 Å². The summed E-state index contributed by atoms with van der Waals surface area (Å²) in [5, 5.41) is 23.1. The molecule has 0 bridgehead atoms. The van der Waals surface area contributed by atoms with Gasteiger partial charge in [0.25, 0.3) is 0 Å². The second kappa shape index (κ2) is 8.43. The van der Waals surface area contributed by atoms with Crippen LogP contribution in [0.5, 0.6) is 0 Å². The SMILES string of the molecule is N#Cc1ccc(-c2nnc3c(-c4ccc(Cl)cc4)c(-c4ccc(Cl)cc4)cnn3c2=O)nc1. The van der Waals surface area contributed by atoms with Gasteiger partial charge in [0.2, 0.25) is 0 Å². The summed E-state index contributed by atoms with van der Waals surface area (Å²) in [5.74, 6) is 0. The molecule has 2 aromatic carbocycles. The molecule has 0 fully saturated rings. The molecule has 5 rings (SSSR count). The first kappa shape index (κ1) is 20.8. The summed E-state index contributed by atoms with van der Waals surface area (Å²) in [6.07, 6.45) is 2.99. The Morgan fingerprint density at radius 3 is 2.09 bits per heavy atom. The number of hydrogen-bond donors (Lipinski definition) is 0. The minimum atomic E-state index is -0.477. The zero-order chi connectivity index (χ0) is 22.9. The number of aromatic nitrogens is 5. The third-order valence-corrected chi connectivity index (χ3v) is 5.56. The molecule has 0 aliphatic carbocycles. The lowest BCUT2D eigenvalue weighted by Gasteiger charge is -2.13. The fourth-order valence-corrected chi connectivity index (χ4v) is 3.70. The third-order valence-electron chi connectivity index (χ3n) is 5.06. The van der Waals surface area contributed by atoms with Crippen LogP contribution in [0.2, 0.25) is 10.0 Å². The molecule has 33 heavy (non-hydrogen) atoms. The molecule has 0 aliphatic heterocycles. The molecular weight excluding hydrogens is 459 g/mol. The van der Waals surface area contributed by atoms with Crippen LogP contribution in [0.15, 0.2) is 77.9 Å². The van der Waals surface area contributed by atoms with Gasteiger partial charge in [0.15, 0.2) is 11.3 Å². The first-order valence-corrected chi connectivity index (χ1v) is 10.5. The number of fused-ring (bicyclic) bond motifs is 1. The van der Waals surface area contributed by atoms with E-state index >= 15 is 0 Å². The van der Waals surface area contributed by atoms with Crippen molar-refractivity contribution in [3.63, 3.8) is 0 Å². The van der Waals surface area contributed by atoms with Gasteiger partial charge in [0, 0.05) is 27.4 Å². The molecule has 0 N–H and O–H groups in total. The zero-order valence-corrected chi connectivity index (χ0v) is 18.3. The van der Waals surface area contributed by atoms with Gasteiger partial charge in [-0.2, -0.15) is 14.9 Å². The highest BCUT2D eigenvalue weighted by atomic mass is 35.5. The summed E-state index contributed by atoms with van der Waals surface area (Å²) in [7, 11) is 0. The molecule has 7 nitrogen and oxygen atoms in total. The topological polar surface area (TPSA) is 96.8 Å². The fraction of sp³-hybridized carbons (Fsp3) is 0. The number of hydrogen-bond acceptors (Lipinski definition) is 6. The van der Waals surface area contributed by atoms with E-state index < -0.39 is 5.56 Å². The van der Waals surface area contributed by atoms with Crippen LogP contribution < -0.4 is 5.56 Å². The molecule has 0 radical (unpaired) electrons. The number of rotatable bonds is 3. The molecule has 0 amide bonds. The van der Waals surface area contributed by atoms with Crippen molar-refractivity contribution < 1.29 is 0 Å². The predicted molar refractivity (Wildman–Crippen MR) is 126 cm³/mol. The Morgan fingerprint density at radius 2 is 1.48 bits per heavy atom. The average molecular weight is 471 g/mol. The first-order chi connectivity index (χ1) is 16.0. The van der Waals surface area contributed by atoms with Crippen LogP contribution in [0.1, 0.15) is 5.56 Å². The molecular formula is C24H12Cl2N6O. The van der Waals surface area contributed by atoms with Crippen molar-refractivity contribution in [2.24, 2.45) is 0 Å². The summed E-state index contributed by atoms with van der Waals surface area (Å²) in [4.78, 5) is 17.4. The standard InChI is InChI=1S/C24H12Cl2N6O/c25-17-6-2-15(3-7-17)19-13-29-32-23(21(19)16-4-8-18(26)9-5-16)31-30-22(24(32)33)20-10-1-14(11-27)12-28-20/h1-10,12-13H. The number of halogens is 2. The van der Waals surface area contributed by atoms with Crippen molar-refractivity contribution in [3.8, 4) is 39.7 Å².